The summed E-state index contributed by atoms with van der Waals surface area (Å²) in [5.41, 5.74) is 6.13. The van der Waals surface area contributed by atoms with E-state index in [1.165, 1.54) is 5.01 Å². The number of hydrogen-bond acceptors (Lipinski definition) is 3. The minimum atomic E-state index is -0.133. The molecule has 0 saturated carbocycles. The van der Waals surface area contributed by atoms with E-state index in [1.807, 2.05) is 61.5 Å². The summed E-state index contributed by atoms with van der Waals surface area (Å²) >= 11 is 0. The van der Waals surface area contributed by atoms with E-state index in [-0.39, 0.29) is 11.3 Å². The van der Waals surface area contributed by atoms with Crippen molar-refractivity contribution in [2.45, 2.75) is 46.6 Å². The van der Waals surface area contributed by atoms with Crippen LogP contribution in [0.1, 0.15) is 49.9 Å². The van der Waals surface area contributed by atoms with Gasteiger partial charge in [-0.3, -0.25) is 4.79 Å². The van der Waals surface area contributed by atoms with Crippen LogP contribution in [-0.4, -0.2) is 11.6 Å². The maximum atomic E-state index is 13.3. The van der Waals surface area contributed by atoms with Crippen LogP contribution in [-0.2, 0) is 16.8 Å². The number of benzene rings is 3. The van der Waals surface area contributed by atoms with Crippen molar-refractivity contribution in [2.24, 2.45) is 5.10 Å². The number of ether oxygens (including phenoxy) is 1. The van der Waals surface area contributed by atoms with Gasteiger partial charge in [0, 0.05) is 11.1 Å². The molecule has 1 amide bonds. The van der Waals surface area contributed by atoms with Crippen molar-refractivity contribution >= 4 is 23.4 Å². The Morgan fingerprint density at radius 1 is 0.939 bits per heavy atom. The van der Waals surface area contributed by atoms with Gasteiger partial charge < -0.3 is 4.74 Å². The summed E-state index contributed by atoms with van der Waals surface area (Å²) in [5, 5.41) is 5.99. The number of carbonyl (C=O) groups excluding carboxylic acids is 1. The molecule has 0 fully saturated rings. The van der Waals surface area contributed by atoms with Crippen LogP contribution in [0.4, 0.5) is 5.69 Å². The van der Waals surface area contributed by atoms with Crippen molar-refractivity contribution in [1.29, 1.82) is 0 Å². The number of anilines is 1. The van der Waals surface area contributed by atoms with Crippen molar-refractivity contribution < 1.29 is 9.53 Å². The minimum Gasteiger partial charge on any atom is -0.488 e. The average Bonchev–Trinajstić information content (AvgIpc) is 3.07. The van der Waals surface area contributed by atoms with Gasteiger partial charge in [-0.2, -0.15) is 10.1 Å². The normalized spacial score (nSPS) is 15.2. The van der Waals surface area contributed by atoms with Gasteiger partial charge in [-0.25, -0.2) is 0 Å². The van der Waals surface area contributed by atoms with Crippen LogP contribution >= 0.6 is 0 Å². The van der Waals surface area contributed by atoms with Gasteiger partial charge in [0.1, 0.15) is 12.4 Å². The van der Waals surface area contributed by atoms with Gasteiger partial charge in [0.2, 0.25) is 0 Å². The maximum Gasteiger partial charge on any atom is 0.280 e. The quantitative estimate of drug-likeness (QED) is 0.417. The predicted octanol–water partition coefficient (Wildman–Crippen LogP) is 6.68. The Morgan fingerprint density at radius 2 is 1.58 bits per heavy atom. The Hall–Kier alpha value is -3.66. The van der Waals surface area contributed by atoms with E-state index in [9.17, 15) is 4.79 Å². The maximum absolute atomic E-state index is 13.3. The molecule has 4 rings (SSSR count). The summed E-state index contributed by atoms with van der Waals surface area (Å²) in [7, 11) is 0. The Labute approximate surface area is 196 Å². The van der Waals surface area contributed by atoms with Gasteiger partial charge in [0.25, 0.3) is 5.91 Å². The molecule has 1 heterocycles. The van der Waals surface area contributed by atoms with Crippen molar-refractivity contribution in [1.82, 2.24) is 0 Å². The zero-order valence-corrected chi connectivity index (χ0v) is 19.9. The summed E-state index contributed by atoms with van der Waals surface area (Å²) in [6.07, 6.45) is 1.92. The van der Waals surface area contributed by atoms with Gasteiger partial charge in [-0.1, -0.05) is 75.4 Å². The molecule has 0 saturated heterocycles. The van der Waals surface area contributed by atoms with Crippen LogP contribution in [0.25, 0.3) is 6.08 Å². The van der Waals surface area contributed by atoms with Crippen LogP contribution < -0.4 is 9.75 Å². The molecule has 4 nitrogen and oxygen atoms in total. The summed E-state index contributed by atoms with van der Waals surface area (Å²) in [4.78, 5) is 13.3. The van der Waals surface area contributed by atoms with Crippen molar-refractivity contribution in [3.05, 3.63) is 101 Å². The number of hydrogen-bond donors (Lipinski definition) is 0. The largest absolute Gasteiger partial charge is 0.488 e. The Balaban J connectivity index is 1.76. The molecular weight excluding hydrogens is 408 g/mol. The monoisotopic (exact) mass is 438 g/mol. The second-order valence-electron chi connectivity index (χ2n) is 9.45. The molecule has 1 aliphatic heterocycles. The number of amides is 1. The zero-order chi connectivity index (χ0) is 23.6. The zero-order valence-electron chi connectivity index (χ0n) is 19.9. The highest BCUT2D eigenvalue weighted by molar-refractivity contribution is 6.32. The van der Waals surface area contributed by atoms with E-state index in [4.69, 9.17) is 4.74 Å². The number of carbonyl (C=O) groups is 1. The molecular formula is C29H30N2O2. The fourth-order valence-corrected chi connectivity index (χ4v) is 3.94. The second-order valence-corrected chi connectivity index (χ2v) is 9.45. The Kier molecular flexibility index (Phi) is 6.19. The van der Waals surface area contributed by atoms with Gasteiger partial charge >= 0.3 is 0 Å². The lowest BCUT2D eigenvalue weighted by molar-refractivity contribution is -0.114. The third kappa shape index (κ3) is 4.90. The molecule has 33 heavy (non-hydrogen) atoms. The van der Waals surface area contributed by atoms with E-state index in [0.29, 0.717) is 17.9 Å². The number of rotatable bonds is 5. The lowest BCUT2D eigenvalue weighted by Gasteiger charge is -2.25. The molecule has 3 aromatic rings. The number of aryl methyl sites for hydroxylation is 1. The molecule has 0 radical (unpaired) electrons. The average molecular weight is 439 g/mol. The van der Waals surface area contributed by atoms with Gasteiger partial charge in [-0.05, 0) is 54.7 Å². The molecule has 1 aliphatic rings. The first kappa shape index (κ1) is 22.5. The van der Waals surface area contributed by atoms with Crippen molar-refractivity contribution in [3.8, 4) is 5.75 Å². The van der Waals surface area contributed by atoms with E-state index >= 15 is 0 Å². The van der Waals surface area contributed by atoms with Crippen LogP contribution in [0.15, 0.2) is 83.5 Å². The fourth-order valence-electron chi connectivity index (χ4n) is 3.94. The molecule has 3 aromatic carbocycles. The van der Waals surface area contributed by atoms with Gasteiger partial charge in [0.15, 0.2) is 0 Å². The molecule has 168 valence electrons. The van der Waals surface area contributed by atoms with Gasteiger partial charge in [0.05, 0.1) is 17.0 Å². The second kappa shape index (κ2) is 9.07. The van der Waals surface area contributed by atoms with E-state index < -0.39 is 0 Å². The molecule has 0 aliphatic carbocycles. The summed E-state index contributed by atoms with van der Waals surface area (Å²) in [6, 6.07) is 23.9. The van der Waals surface area contributed by atoms with Crippen LogP contribution in [0.2, 0.25) is 0 Å². The van der Waals surface area contributed by atoms with Crippen molar-refractivity contribution in [2.75, 3.05) is 5.01 Å². The number of para-hydroxylation sites is 1. The molecule has 0 bridgehead atoms. The smallest absolute Gasteiger partial charge is 0.280 e. The summed E-state index contributed by atoms with van der Waals surface area (Å²) in [6.45, 7) is 10.9. The van der Waals surface area contributed by atoms with Crippen LogP contribution in [0, 0.1) is 6.92 Å². The third-order valence-corrected chi connectivity index (χ3v) is 5.66. The fraction of sp³-hybridized carbons (Fsp3) is 0.241. The van der Waals surface area contributed by atoms with E-state index in [2.05, 4.69) is 57.1 Å². The first-order valence-corrected chi connectivity index (χ1v) is 11.2. The van der Waals surface area contributed by atoms with Crippen LogP contribution in [0.3, 0.4) is 0 Å². The minimum absolute atomic E-state index is 0.121. The summed E-state index contributed by atoms with van der Waals surface area (Å²) < 4.78 is 6.42. The standard InChI is InChI=1S/C29H30N2O2/c1-20-16-23(18-25-21(2)30-31(28(25)32)24-14-10-7-11-15-24)27(26(17-20)29(3,4)5)33-19-22-12-8-6-9-13-22/h6-18H,19H2,1-5H3/b25-18-. The predicted molar refractivity (Wildman–Crippen MR) is 136 cm³/mol. The number of hydrazone groups is 1. The lowest BCUT2D eigenvalue weighted by atomic mass is 9.83. The van der Waals surface area contributed by atoms with E-state index in [1.54, 1.807) is 0 Å². The molecule has 4 heteroatoms. The van der Waals surface area contributed by atoms with Crippen LogP contribution in [0.5, 0.6) is 5.75 Å². The van der Waals surface area contributed by atoms with E-state index in [0.717, 1.165) is 33.7 Å². The first-order chi connectivity index (χ1) is 15.7. The SMILES string of the molecule is CC1=NN(c2ccccc2)C(=O)/C1=C\c1cc(C)cc(C(C)(C)C)c1OCc1ccccc1. The van der Waals surface area contributed by atoms with Gasteiger partial charge in [-0.15, -0.1) is 0 Å². The highest BCUT2D eigenvalue weighted by atomic mass is 16.5. The summed E-state index contributed by atoms with van der Waals surface area (Å²) in [5.74, 6) is 0.676. The molecule has 0 spiro atoms. The Bertz CT molecular complexity index is 1220. The molecule has 0 atom stereocenters. The Morgan fingerprint density at radius 3 is 2.21 bits per heavy atom. The first-order valence-electron chi connectivity index (χ1n) is 11.2. The molecule has 0 unspecified atom stereocenters. The highest BCUT2D eigenvalue weighted by Gasteiger charge is 2.30. The molecule has 0 aromatic heterocycles. The topological polar surface area (TPSA) is 41.9 Å². The highest BCUT2D eigenvalue weighted by Crippen LogP contribution is 2.38. The lowest BCUT2D eigenvalue weighted by Crippen LogP contribution is -2.21. The third-order valence-electron chi connectivity index (χ3n) is 5.66. The van der Waals surface area contributed by atoms with Crippen molar-refractivity contribution in [3.63, 3.8) is 0 Å². The number of nitrogens with zero attached hydrogens (tertiary/aromatic N) is 2. The molecule has 0 N–H and O–H groups in total.